The fourth-order valence-corrected chi connectivity index (χ4v) is 0. The van der Waals surface area contributed by atoms with Crippen molar-refractivity contribution in [2.24, 2.45) is 0 Å². The molecule has 0 amide bonds. The Morgan fingerprint density at radius 2 is 1.33 bits per heavy atom. The zero-order chi connectivity index (χ0) is 3.58. The standard InChI is InChI=1S/Al.Fe.K.O2P.3H/c;;;1-3-2;;;. The van der Waals surface area contributed by atoms with Gasteiger partial charge in [0.05, 0.1) is 0 Å². The smallest absolute Gasteiger partial charge is 0 e. The third-order valence-electron chi connectivity index (χ3n) is 0. The summed E-state index contributed by atoms with van der Waals surface area (Å²) in [6.45, 7) is 0. The summed E-state index contributed by atoms with van der Waals surface area (Å²) in [5.74, 6) is 0. The second-order valence-electron chi connectivity index (χ2n) is 0.440. The first-order chi connectivity index (χ1) is 1.73. The van der Waals surface area contributed by atoms with Gasteiger partial charge in [0.25, 0.3) is 0 Å². The van der Waals surface area contributed by atoms with Crippen LogP contribution in [0.4, 0.5) is 0 Å². The average Bonchev–Trinajstić information content (AvgIpc) is 0.811. The Balaban J connectivity index is -0.0000000450. The van der Waals surface area contributed by atoms with Gasteiger partial charge < -0.3 is 0 Å². The molecule has 0 aliphatic rings. The van der Waals surface area contributed by atoms with E-state index in [0.29, 0.717) is 0 Å². The van der Waals surface area contributed by atoms with Crippen LogP contribution in [-0.2, 0) is 26.2 Å². The molecule has 0 spiro atoms. The summed E-state index contributed by atoms with van der Waals surface area (Å²) in [4.78, 5) is 0. The quantitative estimate of drug-likeness (QED) is 0.363. The molecule has 0 N–H and O–H groups in total. The third kappa shape index (κ3) is 30.7. The summed E-state index contributed by atoms with van der Waals surface area (Å²) in [6.07, 6.45) is 0. The van der Waals surface area contributed by atoms with E-state index in [9.17, 15) is 0 Å². The van der Waals surface area contributed by atoms with Crippen LogP contribution in [0.1, 0.15) is 0 Å². The first-order valence-corrected chi connectivity index (χ1v) is 6.63. The molecule has 0 fully saturated rings. The summed E-state index contributed by atoms with van der Waals surface area (Å²) < 4.78 is 16.3. The van der Waals surface area contributed by atoms with Gasteiger partial charge in [0.15, 0.2) is 17.4 Å². The van der Waals surface area contributed by atoms with Crippen LogP contribution < -0.4 is 0 Å². The fourth-order valence-electron chi connectivity index (χ4n) is 0. The fraction of sp³-hybridized carbons (Fsp3) is 0. The minimum absolute atomic E-state index is 0. The topological polar surface area (TPSA) is 34.1 Å². The molecule has 0 aromatic rings. The normalized spacial score (nSPS) is 4.33. The minimum Gasteiger partial charge on any atom is 0 e. The second-order valence-corrected chi connectivity index (χ2v) is 4.74. The molecule has 6 heavy (non-hydrogen) atoms. The van der Waals surface area contributed by atoms with Crippen LogP contribution in [0.15, 0.2) is 0 Å². The van der Waals surface area contributed by atoms with E-state index in [4.69, 9.17) is 9.13 Å². The Hall–Kier alpha value is 2.59. The summed E-state index contributed by atoms with van der Waals surface area (Å²) in [7, 11) is 0. The molecule has 0 unspecified atom stereocenters. The predicted molar refractivity (Wildman–Crippen MR) is 24.0 cm³/mol. The van der Waals surface area contributed by atoms with Crippen molar-refractivity contribution in [3.8, 4) is 0 Å². The van der Waals surface area contributed by atoms with Crippen LogP contribution in [0.5, 0.6) is 0 Å². The van der Waals surface area contributed by atoms with E-state index in [1.807, 2.05) is 0 Å². The van der Waals surface area contributed by atoms with Crippen molar-refractivity contribution in [1.29, 1.82) is 0 Å². The Bertz CT molecular complexity index is 61.9. The van der Waals surface area contributed by atoms with Crippen molar-refractivity contribution in [2.75, 3.05) is 0 Å². The van der Waals surface area contributed by atoms with E-state index >= 15 is 0 Å². The average molecular weight is 188 g/mol. The SMILES string of the molecule is O=[P](=O)[K].[AlH3].[Fe]. The maximum Gasteiger partial charge on any atom is 0.187 e. The van der Waals surface area contributed by atoms with Gasteiger partial charge in [0.2, 0.25) is 0 Å². The molecule has 0 rings (SSSR count). The van der Waals surface area contributed by atoms with E-state index in [2.05, 4.69) is 0 Å². The van der Waals surface area contributed by atoms with E-state index in [0.717, 1.165) is 0 Å². The number of rotatable bonds is 0. The maximum absolute atomic E-state index is 9.12. The summed E-state index contributed by atoms with van der Waals surface area (Å²) >= 11 is 0.0162. The Kier molecular flexibility index (Phi) is 27.8. The van der Waals surface area contributed by atoms with Crippen molar-refractivity contribution in [2.45, 2.75) is 0 Å². The van der Waals surface area contributed by atoms with Crippen molar-refractivity contribution in [1.82, 2.24) is 0 Å². The zero-order valence-corrected chi connectivity index (χ0v) is 7.74. The minimum atomic E-state index is -1.93. The zero-order valence-electron chi connectivity index (χ0n) is 2.62. The molecule has 0 heterocycles. The molecule has 6 heteroatoms. The van der Waals surface area contributed by atoms with E-state index < -0.39 is 0.763 Å². The van der Waals surface area contributed by atoms with Gasteiger partial charge in [-0.2, -0.15) is 0 Å². The molecule has 0 saturated heterocycles. The maximum atomic E-state index is 9.12. The van der Waals surface area contributed by atoms with E-state index in [-0.39, 0.29) is 82.5 Å². The molecule has 0 aromatic heterocycles. The van der Waals surface area contributed by atoms with Crippen molar-refractivity contribution >= 4 is 66.2 Å². The molecule has 0 radical (unpaired) electrons. The Morgan fingerprint density at radius 3 is 1.33 bits per heavy atom. The van der Waals surface area contributed by atoms with Gasteiger partial charge in [-0.25, -0.2) is 0 Å². The summed E-state index contributed by atoms with van der Waals surface area (Å²) in [5, 5.41) is 0. The van der Waals surface area contributed by atoms with Gasteiger partial charge in [0, 0.05) is 17.1 Å². The number of hydrogen-bond donors (Lipinski definition) is 0. The van der Waals surface area contributed by atoms with Gasteiger partial charge in [-0.15, -0.1) is 0 Å². The third-order valence-corrected chi connectivity index (χ3v) is 0. The molecule has 0 bridgehead atoms. The molecule has 0 saturated carbocycles. The van der Waals surface area contributed by atoms with Gasteiger partial charge in [-0.05, 0) is 0 Å². The van der Waals surface area contributed by atoms with Crippen LogP contribution in [0, 0.1) is 0 Å². The van der Waals surface area contributed by atoms with Gasteiger partial charge in [-0.1, -0.05) is 0 Å². The van der Waals surface area contributed by atoms with Gasteiger partial charge in [-0.3, -0.25) is 0 Å². The molecular weight excluding hydrogens is 185 g/mol. The van der Waals surface area contributed by atoms with Crippen LogP contribution in [0.25, 0.3) is 0 Å². The molecular formula is H3AlFeKO2P. The van der Waals surface area contributed by atoms with Crippen LogP contribution in [0.3, 0.4) is 0 Å². The molecule has 0 aromatic carbocycles. The van der Waals surface area contributed by atoms with Gasteiger partial charge >= 0.3 is 58.0 Å². The predicted octanol–water partition coefficient (Wildman–Crippen LogP) is -0.944. The van der Waals surface area contributed by atoms with E-state index in [1.54, 1.807) is 0 Å². The Labute approximate surface area is 90.2 Å². The largest absolute Gasteiger partial charge is 0.187 e. The van der Waals surface area contributed by atoms with Crippen LogP contribution in [-0.4, -0.2) is 65.4 Å². The second kappa shape index (κ2) is 10.5. The first kappa shape index (κ1) is 15.8. The first-order valence-electron chi connectivity index (χ1n) is 0.812. The van der Waals surface area contributed by atoms with Crippen LogP contribution in [0.2, 0.25) is 0 Å². The summed E-state index contributed by atoms with van der Waals surface area (Å²) in [5.41, 5.74) is 0. The van der Waals surface area contributed by atoms with Crippen molar-refractivity contribution in [3.63, 3.8) is 0 Å². The monoisotopic (exact) mass is 188 g/mol. The molecule has 0 aliphatic carbocycles. The molecule has 0 aliphatic heterocycles. The molecule has 0 atom stereocenters. The summed E-state index contributed by atoms with van der Waals surface area (Å²) in [6, 6.07) is 0. The van der Waals surface area contributed by atoms with Crippen molar-refractivity contribution < 1.29 is 26.2 Å². The van der Waals surface area contributed by atoms with Crippen molar-refractivity contribution in [3.05, 3.63) is 0 Å². The van der Waals surface area contributed by atoms with E-state index in [1.165, 1.54) is 0 Å². The molecule has 2 nitrogen and oxygen atoms in total. The molecule has 32 valence electrons. The van der Waals surface area contributed by atoms with Crippen LogP contribution >= 0.6 is 0.763 Å². The number of hydrogen-bond acceptors (Lipinski definition) is 2. The Morgan fingerprint density at radius 1 is 1.33 bits per heavy atom. The van der Waals surface area contributed by atoms with Gasteiger partial charge in [0.1, 0.15) is 0 Å².